The van der Waals surface area contributed by atoms with Gasteiger partial charge in [-0.3, -0.25) is 0 Å². The molecule has 0 saturated heterocycles. The van der Waals surface area contributed by atoms with Crippen LogP contribution < -0.4 is 10.6 Å². The molecule has 0 heterocycles. The molecule has 0 aliphatic heterocycles. The highest BCUT2D eigenvalue weighted by atomic mass is 32.1. The number of aliphatic hydroxyl groups is 5. The van der Waals surface area contributed by atoms with Crippen molar-refractivity contribution in [2.75, 3.05) is 19.7 Å². The smallest absolute Gasteiger partial charge is 0.104 e. The highest BCUT2D eigenvalue weighted by Crippen LogP contribution is 2.38. The fraction of sp³-hybridized carbons (Fsp3) is 0.963. The van der Waals surface area contributed by atoms with Gasteiger partial charge in [-0.2, -0.15) is 0 Å². The first-order valence-corrected chi connectivity index (χ1v) is 13.3. The Hall–Kier alpha value is -0.350. The highest BCUT2D eigenvalue weighted by molar-refractivity contribution is 7.80. The summed E-state index contributed by atoms with van der Waals surface area (Å²) < 4.78 is 0. The second-order valence-electron chi connectivity index (χ2n) is 14.3. The molecular weight excluding hydrogens is 464 g/mol. The van der Waals surface area contributed by atoms with E-state index in [4.69, 9.17) is 17.3 Å². The summed E-state index contributed by atoms with van der Waals surface area (Å²) >= 11 is 5.67. The standard InChI is InChI=1S/C27H56N2O5S/c1-24(2,3)16-26(7,8)12-23(35)29-18(13-28-14-20(32)21(33)15-30)19(31)11-22(34)27(9,10)17-25(4,5)6/h18-22,28,30-34H,11-17H2,1-10H3,(H,29,35). The third-order valence-electron chi connectivity index (χ3n) is 6.16. The topological polar surface area (TPSA) is 125 Å². The first-order chi connectivity index (χ1) is 15.6. The maximum absolute atomic E-state index is 11.1. The summed E-state index contributed by atoms with van der Waals surface area (Å²) in [6.07, 6.45) is -1.35. The Morgan fingerprint density at radius 1 is 0.743 bits per heavy atom. The zero-order valence-electron chi connectivity index (χ0n) is 24.0. The van der Waals surface area contributed by atoms with Crippen LogP contribution >= 0.6 is 12.2 Å². The summed E-state index contributed by atoms with van der Waals surface area (Å²) in [4.78, 5) is 0.643. The van der Waals surface area contributed by atoms with Gasteiger partial charge >= 0.3 is 0 Å². The van der Waals surface area contributed by atoms with Gasteiger partial charge in [0.1, 0.15) is 6.10 Å². The summed E-state index contributed by atoms with van der Waals surface area (Å²) in [6.45, 7) is 21.2. The van der Waals surface area contributed by atoms with E-state index in [2.05, 4.69) is 66.0 Å². The average Bonchev–Trinajstić information content (AvgIpc) is 2.61. The molecule has 8 heteroatoms. The molecule has 0 aliphatic rings. The van der Waals surface area contributed by atoms with Crippen molar-refractivity contribution in [1.82, 2.24) is 10.6 Å². The van der Waals surface area contributed by atoms with Gasteiger partial charge in [-0.15, -0.1) is 0 Å². The van der Waals surface area contributed by atoms with Crippen LogP contribution in [0.5, 0.6) is 0 Å². The third-order valence-corrected chi connectivity index (χ3v) is 6.42. The molecule has 0 aromatic carbocycles. The van der Waals surface area contributed by atoms with E-state index in [0.29, 0.717) is 11.4 Å². The number of rotatable bonds is 15. The molecule has 7 nitrogen and oxygen atoms in total. The van der Waals surface area contributed by atoms with Crippen molar-refractivity contribution in [2.24, 2.45) is 21.7 Å². The van der Waals surface area contributed by atoms with E-state index in [9.17, 15) is 20.4 Å². The molecule has 0 aromatic rings. The zero-order valence-corrected chi connectivity index (χ0v) is 24.8. The van der Waals surface area contributed by atoms with E-state index < -0.39 is 37.1 Å². The molecule has 35 heavy (non-hydrogen) atoms. The van der Waals surface area contributed by atoms with Gasteiger partial charge in [0.05, 0.1) is 35.9 Å². The lowest BCUT2D eigenvalue weighted by atomic mass is 9.71. The van der Waals surface area contributed by atoms with E-state index in [1.165, 1.54) is 0 Å². The van der Waals surface area contributed by atoms with Gasteiger partial charge in [0.15, 0.2) is 0 Å². The molecule has 0 spiro atoms. The van der Waals surface area contributed by atoms with Gasteiger partial charge in [-0.1, -0.05) is 81.5 Å². The molecule has 210 valence electrons. The summed E-state index contributed by atoms with van der Waals surface area (Å²) in [5, 5.41) is 57.0. The molecule has 0 bridgehead atoms. The molecule has 7 N–H and O–H groups in total. The predicted octanol–water partition coefficient (Wildman–Crippen LogP) is 3.00. The SMILES string of the molecule is CC(C)(C)CC(C)(C)CC(=S)NC(CNCC(O)C(O)CO)C(O)CC(O)C(C)(C)CC(C)(C)C. The minimum atomic E-state index is -1.24. The quantitative estimate of drug-likeness (QED) is 0.164. The zero-order chi connectivity index (χ0) is 27.8. The molecule has 0 saturated carbocycles. The van der Waals surface area contributed by atoms with Crippen LogP contribution in [0, 0.1) is 21.7 Å². The molecule has 0 aliphatic carbocycles. The fourth-order valence-corrected chi connectivity index (χ4v) is 5.86. The summed E-state index contributed by atoms with van der Waals surface area (Å²) in [5.41, 5.74) is -0.209. The monoisotopic (exact) mass is 520 g/mol. The predicted molar refractivity (Wildman–Crippen MR) is 148 cm³/mol. The number of nitrogens with one attached hydrogen (secondary N) is 2. The first-order valence-electron chi connectivity index (χ1n) is 12.9. The van der Waals surface area contributed by atoms with Gasteiger partial charge in [0, 0.05) is 25.9 Å². The summed E-state index contributed by atoms with van der Waals surface area (Å²) in [6, 6.07) is -0.494. The summed E-state index contributed by atoms with van der Waals surface area (Å²) in [7, 11) is 0. The van der Waals surface area contributed by atoms with Crippen LogP contribution in [0.25, 0.3) is 0 Å². The second kappa shape index (κ2) is 14.0. The van der Waals surface area contributed by atoms with Crippen molar-refractivity contribution in [1.29, 1.82) is 0 Å². The minimum absolute atomic E-state index is 0.0269. The van der Waals surface area contributed by atoms with Crippen LogP contribution in [-0.2, 0) is 0 Å². The van der Waals surface area contributed by atoms with Crippen LogP contribution in [0.3, 0.4) is 0 Å². The number of aliphatic hydroxyl groups excluding tert-OH is 5. The van der Waals surface area contributed by atoms with E-state index in [0.717, 1.165) is 12.8 Å². The van der Waals surface area contributed by atoms with Crippen molar-refractivity contribution in [3.8, 4) is 0 Å². The molecule has 0 fully saturated rings. The molecule has 0 rings (SSSR count). The third kappa shape index (κ3) is 15.5. The van der Waals surface area contributed by atoms with Crippen LogP contribution in [0.2, 0.25) is 0 Å². The van der Waals surface area contributed by atoms with Gasteiger partial charge < -0.3 is 36.2 Å². The largest absolute Gasteiger partial charge is 0.394 e. The van der Waals surface area contributed by atoms with Gasteiger partial charge in [0.25, 0.3) is 0 Å². The lowest BCUT2D eigenvalue weighted by molar-refractivity contribution is -0.0234. The van der Waals surface area contributed by atoms with Crippen molar-refractivity contribution in [2.45, 2.75) is 125 Å². The van der Waals surface area contributed by atoms with Crippen molar-refractivity contribution < 1.29 is 25.5 Å². The lowest BCUT2D eigenvalue weighted by Gasteiger charge is -2.38. The molecule has 0 aromatic heterocycles. The molecule has 5 unspecified atom stereocenters. The first kappa shape index (κ1) is 34.6. The number of hydrogen-bond donors (Lipinski definition) is 7. The second-order valence-corrected chi connectivity index (χ2v) is 14.8. The summed E-state index contributed by atoms with van der Waals surface area (Å²) in [5.74, 6) is 0. The Morgan fingerprint density at radius 3 is 1.71 bits per heavy atom. The molecule has 0 amide bonds. The Balaban J connectivity index is 5.38. The van der Waals surface area contributed by atoms with Gasteiger partial charge in [0.2, 0.25) is 0 Å². The van der Waals surface area contributed by atoms with Gasteiger partial charge in [-0.05, 0) is 34.5 Å². The van der Waals surface area contributed by atoms with E-state index in [-0.39, 0.29) is 41.2 Å². The van der Waals surface area contributed by atoms with Gasteiger partial charge in [-0.25, -0.2) is 0 Å². The van der Waals surface area contributed by atoms with Crippen LogP contribution in [-0.4, -0.2) is 80.7 Å². The van der Waals surface area contributed by atoms with Crippen LogP contribution in [0.15, 0.2) is 0 Å². The number of thiocarbonyl (C=S) groups is 1. The van der Waals surface area contributed by atoms with Crippen LogP contribution in [0.1, 0.15) is 94.9 Å². The van der Waals surface area contributed by atoms with Crippen molar-refractivity contribution in [3.05, 3.63) is 0 Å². The Morgan fingerprint density at radius 2 is 1.26 bits per heavy atom. The van der Waals surface area contributed by atoms with Crippen LogP contribution in [0.4, 0.5) is 0 Å². The number of hydrogen-bond acceptors (Lipinski definition) is 7. The maximum Gasteiger partial charge on any atom is 0.104 e. The lowest BCUT2D eigenvalue weighted by Crippen LogP contribution is -2.52. The van der Waals surface area contributed by atoms with E-state index in [1.807, 2.05) is 13.8 Å². The van der Waals surface area contributed by atoms with E-state index in [1.54, 1.807) is 0 Å². The van der Waals surface area contributed by atoms with Crippen molar-refractivity contribution >= 4 is 17.2 Å². The van der Waals surface area contributed by atoms with Crippen molar-refractivity contribution in [3.63, 3.8) is 0 Å². The maximum atomic E-state index is 11.1. The Labute approximate surface area is 220 Å². The fourth-order valence-electron chi connectivity index (χ4n) is 5.32. The molecular formula is C27H56N2O5S. The Bertz CT molecular complexity index is 628. The van der Waals surface area contributed by atoms with E-state index >= 15 is 0 Å². The molecule has 5 atom stereocenters. The normalized spacial score (nSPS) is 18.0. The highest BCUT2D eigenvalue weighted by Gasteiger charge is 2.36. The minimum Gasteiger partial charge on any atom is -0.394 e. The average molecular weight is 521 g/mol. The Kier molecular flexibility index (Phi) is 13.8. The molecule has 0 radical (unpaired) electrons.